The van der Waals surface area contributed by atoms with Crippen molar-refractivity contribution in [3.8, 4) is 0 Å². The maximum Gasteiger partial charge on any atom is 0.222 e. The molecule has 0 heterocycles. The third-order valence-electron chi connectivity index (χ3n) is 3.64. The number of benzene rings is 1. The van der Waals surface area contributed by atoms with Crippen LogP contribution < -0.4 is 11.1 Å². The Bertz CT molecular complexity index is 422. The van der Waals surface area contributed by atoms with Crippen LogP contribution in [0, 0.1) is 11.7 Å². The van der Waals surface area contributed by atoms with Crippen molar-refractivity contribution in [3.63, 3.8) is 0 Å². The lowest BCUT2D eigenvalue weighted by atomic mass is 9.84. The van der Waals surface area contributed by atoms with E-state index in [2.05, 4.69) is 5.32 Å². The number of rotatable bonds is 4. The zero-order valence-electron chi connectivity index (χ0n) is 10.4. The predicted molar refractivity (Wildman–Crippen MR) is 68.2 cm³/mol. The summed E-state index contributed by atoms with van der Waals surface area (Å²) >= 11 is 0. The Morgan fingerprint density at radius 2 is 2.06 bits per heavy atom. The molecule has 0 saturated heterocycles. The van der Waals surface area contributed by atoms with Crippen molar-refractivity contribution in [3.05, 3.63) is 35.6 Å². The summed E-state index contributed by atoms with van der Waals surface area (Å²) in [5, 5.41) is 3.27. The molecule has 1 saturated carbocycles. The van der Waals surface area contributed by atoms with Gasteiger partial charge in [0, 0.05) is 18.2 Å². The molecule has 0 radical (unpaired) electrons. The van der Waals surface area contributed by atoms with Crippen LogP contribution in [0.2, 0.25) is 0 Å². The fraction of sp³-hybridized carbons (Fsp3) is 0.500. The van der Waals surface area contributed by atoms with E-state index >= 15 is 0 Å². The Kier molecular flexibility index (Phi) is 4.31. The molecule has 1 aliphatic rings. The van der Waals surface area contributed by atoms with Crippen molar-refractivity contribution < 1.29 is 9.18 Å². The molecule has 98 valence electrons. The molecule has 3 N–H and O–H groups in total. The Morgan fingerprint density at radius 3 is 2.78 bits per heavy atom. The van der Waals surface area contributed by atoms with Crippen molar-refractivity contribution in [1.29, 1.82) is 0 Å². The second kappa shape index (κ2) is 5.96. The SMILES string of the molecule is NC(=O)C1CCCCC1NCc1ccccc1F. The van der Waals surface area contributed by atoms with E-state index in [9.17, 15) is 9.18 Å². The maximum atomic E-state index is 13.5. The predicted octanol–water partition coefficient (Wildman–Crippen LogP) is 1.96. The van der Waals surface area contributed by atoms with E-state index in [4.69, 9.17) is 5.73 Å². The van der Waals surface area contributed by atoms with Crippen molar-refractivity contribution in [2.75, 3.05) is 0 Å². The topological polar surface area (TPSA) is 55.1 Å². The zero-order chi connectivity index (χ0) is 13.0. The van der Waals surface area contributed by atoms with E-state index in [0.29, 0.717) is 12.1 Å². The lowest BCUT2D eigenvalue weighted by Crippen LogP contribution is -2.44. The van der Waals surface area contributed by atoms with E-state index in [0.717, 1.165) is 25.7 Å². The number of nitrogens with two attached hydrogens (primary N) is 1. The minimum absolute atomic E-state index is 0.0795. The maximum absolute atomic E-state index is 13.5. The highest BCUT2D eigenvalue weighted by molar-refractivity contribution is 5.77. The summed E-state index contributed by atoms with van der Waals surface area (Å²) in [5.41, 5.74) is 6.03. The number of hydrogen-bond donors (Lipinski definition) is 2. The van der Waals surface area contributed by atoms with Gasteiger partial charge in [-0.05, 0) is 18.9 Å². The van der Waals surface area contributed by atoms with Crippen LogP contribution in [-0.2, 0) is 11.3 Å². The molecule has 0 aliphatic heterocycles. The second-order valence-corrected chi connectivity index (χ2v) is 4.87. The van der Waals surface area contributed by atoms with Gasteiger partial charge >= 0.3 is 0 Å². The number of carbonyl (C=O) groups excluding carboxylic acids is 1. The van der Waals surface area contributed by atoms with Gasteiger partial charge in [-0.25, -0.2) is 4.39 Å². The smallest absolute Gasteiger partial charge is 0.222 e. The van der Waals surface area contributed by atoms with Gasteiger partial charge in [-0.2, -0.15) is 0 Å². The van der Waals surface area contributed by atoms with E-state index in [-0.39, 0.29) is 23.7 Å². The molecule has 1 aromatic rings. The molecule has 3 nitrogen and oxygen atoms in total. The van der Waals surface area contributed by atoms with Gasteiger partial charge in [0.15, 0.2) is 0 Å². The van der Waals surface area contributed by atoms with Crippen molar-refractivity contribution in [1.82, 2.24) is 5.32 Å². The van der Waals surface area contributed by atoms with Crippen molar-refractivity contribution in [2.45, 2.75) is 38.3 Å². The quantitative estimate of drug-likeness (QED) is 0.858. The van der Waals surface area contributed by atoms with E-state index in [1.807, 2.05) is 6.07 Å². The third kappa shape index (κ3) is 3.07. The van der Waals surface area contributed by atoms with Crippen LogP contribution in [0.15, 0.2) is 24.3 Å². The van der Waals surface area contributed by atoms with Crippen molar-refractivity contribution in [2.24, 2.45) is 11.7 Å². The van der Waals surface area contributed by atoms with Gasteiger partial charge in [0.2, 0.25) is 5.91 Å². The van der Waals surface area contributed by atoms with Gasteiger partial charge in [-0.3, -0.25) is 4.79 Å². The molecule has 1 aliphatic carbocycles. The average Bonchev–Trinajstić information content (AvgIpc) is 2.38. The molecule has 4 heteroatoms. The fourth-order valence-corrected chi connectivity index (χ4v) is 2.60. The highest BCUT2D eigenvalue weighted by Crippen LogP contribution is 2.24. The van der Waals surface area contributed by atoms with Crippen LogP contribution >= 0.6 is 0 Å². The van der Waals surface area contributed by atoms with Crippen LogP contribution in [0.4, 0.5) is 4.39 Å². The van der Waals surface area contributed by atoms with E-state index in [1.165, 1.54) is 6.07 Å². The number of hydrogen-bond acceptors (Lipinski definition) is 2. The molecule has 18 heavy (non-hydrogen) atoms. The second-order valence-electron chi connectivity index (χ2n) is 4.87. The first-order valence-electron chi connectivity index (χ1n) is 6.44. The number of carbonyl (C=O) groups is 1. The molecule has 2 rings (SSSR count). The molecule has 1 amide bonds. The van der Waals surface area contributed by atoms with Crippen LogP contribution in [0.3, 0.4) is 0 Å². The van der Waals surface area contributed by atoms with Gasteiger partial charge in [-0.15, -0.1) is 0 Å². The first-order chi connectivity index (χ1) is 8.68. The molecule has 2 atom stereocenters. The van der Waals surface area contributed by atoms with Gasteiger partial charge in [-0.1, -0.05) is 31.0 Å². The number of halogens is 1. The van der Waals surface area contributed by atoms with Gasteiger partial charge < -0.3 is 11.1 Å². The highest BCUT2D eigenvalue weighted by Gasteiger charge is 2.28. The molecule has 0 spiro atoms. The van der Waals surface area contributed by atoms with E-state index < -0.39 is 0 Å². The standard InChI is InChI=1S/C14H19FN2O/c15-12-7-3-1-5-10(12)9-17-13-8-4-2-6-11(13)14(16)18/h1,3,5,7,11,13,17H,2,4,6,8-9H2,(H2,16,18). The molecule has 2 unspecified atom stereocenters. The number of primary amides is 1. The minimum Gasteiger partial charge on any atom is -0.369 e. The lowest BCUT2D eigenvalue weighted by Gasteiger charge is -2.30. The summed E-state index contributed by atoms with van der Waals surface area (Å²) in [7, 11) is 0. The molecular weight excluding hydrogens is 231 g/mol. The third-order valence-corrected chi connectivity index (χ3v) is 3.64. The number of amides is 1. The summed E-state index contributed by atoms with van der Waals surface area (Å²) in [6.07, 6.45) is 3.91. The summed E-state index contributed by atoms with van der Waals surface area (Å²) < 4.78 is 13.5. The molecule has 1 aromatic carbocycles. The van der Waals surface area contributed by atoms with Gasteiger partial charge in [0.25, 0.3) is 0 Å². The Labute approximate surface area is 107 Å². The summed E-state index contributed by atoms with van der Waals surface area (Å²) in [4.78, 5) is 11.4. The first-order valence-corrected chi connectivity index (χ1v) is 6.44. The van der Waals surface area contributed by atoms with Crippen LogP contribution in [0.5, 0.6) is 0 Å². The summed E-state index contributed by atoms with van der Waals surface area (Å²) in [6, 6.07) is 6.77. The molecule has 0 bridgehead atoms. The Balaban J connectivity index is 1.96. The Morgan fingerprint density at radius 1 is 1.33 bits per heavy atom. The fourth-order valence-electron chi connectivity index (χ4n) is 2.60. The van der Waals surface area contributed by atoms with Crippen LogP contribution in [-0.4, -0.2) is 11.9 Å². The first kappa shape index (κ1) is 13.0. The van der Waals surface area contributed by atoms with Crippen molar-refractivity contribution >= 4 is 5.91 Å². The highest BCUT2D eigenvalue weighted by atomic mass is 19.1. The minimum atomic E-state index is -0.249. The van der Waals surface area contributed by atoms with Crippen LogP contribution in [0.25, 0.3) is 0 Å². The lowest BCUT2D eigenvalue weighted by molar-refractivity contribution is -0.123. The summed E-state index contributed by atoms with van der Waals surface area (Å²) in [5.74, 6) is -0.581. The normalized spacial score (nSPS) is 23.8. The Hall–Kier alpha value is -1.42. The largest absolute Gasteiger partial charge is 0.369 e. The molecular formula is C14H19FN2O. The van der Waals surface area contributed by atoms with Gasteiger partial charge in [0.05, 0.1) is 5.92 Å². The molecule has 0 aromatic heterocycles. The van der Waals surface area contributed by atoms with E-state index in [1.54, 1.807) is 12.1 Å². The zero-order valence-corrected chi connectivity index (χ0v) is 10.4. The average molecular weight is 250 g/mol. The van der Waals surface area contributed by atoms with Gasteiger partial charge in [0.1, 0.15) is 5.82 Å². The monoisotopic (exact) mass is 250 g/mol. The van der Waals surface area contributed by atoms with Crippen LogP contribution in [0.1, 0.15) is 31.2 Å². The molecule has 1 fully saturated rings. The summed E-state index contributed by atoms with van der Waals surface area (Å²) in [6.45, 7) is 0.446. The number of nitrogens with one attached hydrogen (secondary N) is 1.